The molecule has 2 rings (SSSR count). The summed E-state index contributed by atoms with van der Waals surface area (Å²) in [6, 6.07) is 6.33. The SMILES string of the molecule is C=CCNC(=O)CN1CCN(C(=O)c2ccccc2S(=O)(=O)CC)CC1. The molecule has 0 unspecified atom stereocenters. The van der Waals surface area contributed by atoms with Gasteiger partial charge in [-0.15, -0.1) is 6.58 Å². The van der Waals surface area contributed by atoms with Crippen LogP contribution in [0.25, 0.3) is 0 Å². The average molecular weight is 379 g/mol. The molecule has 0 aliphatic carbocycles. The Morgan fingerprint density at radius 1 is 1.19 bits per heavy atom. The number of nitrogens with one attached hydrogen (secondary N) is 1. The largest absolute Gasteiger partial charge is 0.352 e. The van der Waals surface area contributed by atoms with E-state index < -0.39 is 9.84 Å². The van der Waals surface area contributed by atoms with Gasteiger partial charge >= 0.3 is 0 Å². The van der Waals surface area contributed by atoms with Crippen LogP contribution in [0.4, 0.5) is 0 Å². The zero-order chi connectivity index (χ0) is 19.2. The highest BCUT2D eigenvalue weighted by molar-refractivity contribution is 7.91. The van der Waals surface area contributed by atoms with Gasteiger partial charge in [-0.25, -0.2) is 8.42 Å². The zero-order valence-corrected chi connectivity index (χ0v) is 15.8. The van der Waals surface area contributed by atoms with Crippen LogP contribution in [0, 0.1) is 0 Å². The predicted molar refractivity (Wildman–Crippen MR) is 99.7 cm³/mol. The standard InChI is InChI=1S/C18H25N3O4S/c1-3-9-19-17(22)14-20-10-12-21(13-11-20)18(23)15-7-5-6-8-16(15)26(24,25)4-2/h3,5-8H,1,4,9-14H2,2H3,(H,19,22). The third-order valence-electron chi connectivity index (χ3n) is 4.30. The fourth-order valence-electron chi connectivity index (χ4n) is 2.79. The van der Waals surface area contributed by atoms with Crippen LogP contribution >= 0.6 is 0 Å². The number of hydrogen-bond acceptors (Lipinski definition) is 5. The second-order valence-electron chi connectivity index (χ2n) is 6.06. The first-order valence-electron chi connectivity index (χ1n) is 8.60. The fourth-order valence-corrected chi connectivity index (χ4v) is 3.88. The Morgan fingerprint density at radius 3 is 2.46 bits per heavy atom. The van der Waals surface area contributed by atoms with E-state index in [9.17, 15) is 18.0 Å². The van der Waals surface area contributed by atoms with E-state index >= 15 is 0 Å². The molecular weight excluding hydrogens is 354 g/mol. The highest BCUT2D eigenvalue weighted by Crippen LogP contribution is 2.19. The van der Waals surface area contributed by atoms with E-state index in [1.165, 1.54) is 6.07 Å². The zero-order valence-electron chi connectivity index (χ0n) is 15.0. The van der Waals surface area contributed by atoms with Crippen LogP contribution in [0.5, 0.6) is 0 Å². The van der Waals surface area contributed by atoms with Crippen LogP contribution in [0.15, 0.2) is 41.8 Å². The molecule has 0 bridgehead atoms. The number of carbonyl (C=O) groups is 2. The first-order valence-corrected chi connectivity index (χ1v) is 10.2. The molecule has 1 heterocycles. The van der Waals surface area contributed by atoms with E-state index in [2.05, 4.69) is 11.9 Å². The summed E-state index contributed by atoms with van der Waals surface area (Å²) in [5, 5.41) is 2.72. The molecule has 1 aliphatic heterocycles. The molecule has 0 atom stereocenters. The van der Waals surface area contributed by atoms with Gasteiger partial charge in [0.05, 0.1) is 22.8 Å². The van der Waals surface area contributed by atoms with Gasteiger partial charge in [0, 0.05) is 32.7 Å². The minimum atomic E-state index is -3.47. The summed E-state index contributed by atoms with van der Waals surface area (Å²) >= 11 is 0. The van der Waals surface area contributed by atoms with Gasteiger partial charge in [0.2, 0.25) is 5.91 Å². The Bertz CT molecular complexity index is 768. The molecule has 2 amide bonds. The monoisotopic (exact) mass is 379 g/mol. The third-order valence-corrected chi connectivity index (χ3v) is 6.09. The first-order chi connectivity index (χ1) is 12.4. The van der Waals surface area contributed by atoms with Crippen LogP contribution in [0.3, 0.4) is 0 Å². The maximum Gasteiger partial charge on any atom is 0.255 e. The Balaban J connectivity index is 2.01. The van der Waals surface area contributed by atoms with Crippen LogP contribution < -0.4 is 5.32 Å². The number of sulfone groups is 1. The Morgan fingerprint density at radius 2 is 1.85 bits per heavy atom. The maximum absolute atomic E-state index is 12.8. The van der Waals surface area contributed by atoms with Gasteiger partial charge in [0.25, 0.3) is 5.91 Å². The second kappa shape index (κ2) is 8.95. The molecule has 1 aromatic carbocycles. The lowest BCUT2D eigenvalue weighted by Crippen LogP contribution is -2.51. The lowest BCUT2D eigenvalue weighted by atomic mass is 10.2. The van der Waals surface area contributed by atoms with Crippen molar-refractivity contribution in [3.05, 3.63) is 42.5 Å². The summed E-state index contributed by atoms with van der Waals surface area (Å²) in [6.07, 6.45) is 1.62. The minimum absolute atomic E-state index is 0.0507. The molecular formula is C18H25N3O4S. The number of piperazine rings is 1. The lowest BCUT2D eigenvalue weighted by molar-refractivity contribution is -0.122. The summed E-state index contributed by atoms with van der Waals surface area (Å²) in [5.41, 5.74) is 0.214. The van der Waals surface area contributed by atoms with Crippen molar-refractivity contribution in [2.75, 3.05) is 45.0 Å². The highest BCUT2D eigenvalue weighted by atomic mass is 32.2. The number of nitrogens with zero attached hydrogens (tertiary/aromatic N) is 2. The molecule has 0 spiro atoms. The smallest absolute Gasteiger partial charge is 0.255 e. The molecule has 142 valence electrons. The molecule has 1 fully saturated rings. The van der Waals surface area contributed by atoms with Crippen molar-refractivity contribution in [1.29, 1.82) is 0 Å². The van der Waals surface area contributed by atoms with Gasteiger partial charge in [-0.05, 0) is 12.1 Å². The van der Waals surface area contributed by atoms with Gasteiger partial charge in [0.1, 0.15) is 0 Å². The fraction of sp³-hybridized carbons (Fsp3) is 0.444. The van der Waals surface area contributed by atoms with Gasteiger partial charge in [-0.1, -0.05) is 25.1 Å². The van der Waals surface area contributed by atoms with E-state index in [0.717, 1.165) is 0 Å². The van der Waals surface area contributed by atoms with Crippen LogP contribution in [-0.4, -0.2) is 75.1 Å². The third kappa shape index (κ3) is 4.92. The molecule has 8 heteroatoms. The molecule has 1 N–H and O–H groups in total. The van der Waals surface area contributed by atoms with Gasteiger partial charge in [0.15, 0.2) is 9.84 Å². The van der Waals surface area contributed by atoms with E-state index in [1.807, 2.05) is 4.90 Å². The quantitative estimate of drug-likeness (QED) is 0.699. The Labute approximate surface area is 154 Å². The topological polar surface area (TPSA) is 86.8 Å². The molecule has 0 aromatic heterocycles. The second-order valence-corrected chi connectivity index (χ2v) is 8.31. The Hall–Kier alpha value is -2.19. The molecule has 26 heavy (non-hydrogen) atoms. The van der Waals surface area contributed by atoms with Gasteiger partial charge in [-0.2, -0.15) is 0 Å². The van der Waals surface area contributed by atoms with Crippen molar-refractivity contribution in [3.8, 4) is 0 Å². The number of amides is 2. The van der Waals surface area contributed by atoms with E-state index in [-0.39, 0.29) is 34.6 Å². The van der Waals surface area contributed by atoms with E-state index in [4.69, 9.17) is 0 Å². The number of benzene rings is 1. The predicted octanol–water partition coefficient (Wildman–Crippen LogP) is 0.540. The van der Waals surface area contributed by atoms with Gasteiger partial charge in [-0.3, -0.25) is 14.5 Å². The van der Waals surface area contributed by atoms with Crippen molar-refractivity contribution in [3.63, 3.8) is 0 Å². The van der Waals surface area contributed by atoms with Crippen molar-refractivity contribution in [2.45, 2.75) is 11.8 Å². The van der Waals surface area contributed by atoms with Gasteiger partial charge < -0.3 is 10.2 Å². The summed E-state index contributed by atoms with van der Waals surface area (Å²) in [4.78, 5) is 28.2. The molecule has 1 aromatic rings. The lowest BCUT2D eigenvalue weighted by Gasteiger charge is -2.34. The number of hydrogen-bond donors (Lipinski definition) is 1. The summed E-state index contributed by atoms with van der Waals surface area (Å²) in [5.74, 6) is -0.414. The number of carbonyl (C=O) groups excluding carboxylic acids is 2. The normalized spacial score (nSPS) is 15.5. The highest BCUT2D eigenvalue weighted by Gasteiger charge is 2.27. The van der Waals surface area contributed by atoms with E-state index in [0.29, 0.717) is 32.7 Å². The molecule has 1 saturated heterocycles. The van der Waals surface area contributed by atoms with Crippen molar-refractivity contribution >= 4 is 21.7 Å². The summed E-state index contributed by atoms with van der Waals surface area (Å²) in [7, 11) is -3.47. The van der Waals surface area contributed by atoms with Crippen LogP contribution in [-0.2, 0) is 14.6 Å². The van der Waals surface area contributed by atoms with Crippen LogP contribution in [0.2, 0.25) is 0 Å². The summed E-state index contributed by atoms with van der Waals surface area (Å²) < 4.78 is 24.5. The Kier molecular flexibility index (Phi) is 6.93. The van der Waals surface area contributed by atoms with Crippen molar-refractivity contribution in [2.24, 2.45) is 0 Å². The number of rotatable bonds is 7. The van der Waals surface area contributed by atoms with E-state index in [1.54, 1.807) is 36.1 Å². The van der Waals surface area contributed by atoms with Crippen LogP contribution in [0.1, 0.15) is 17.3 Å². The maximum atomic E-state index is 12.8. The molecule has 0 saturated carbocycles. The minimum Gasteiger partial charge on any atom is -0.352 e. The molecule has 7 nitrogen and oxygen atoms in total. The molecule has 0 radical (unpaired) electrons. The summed E-state index contributed by atoms with van der Waals surface area (Å²) in [6.45, 7) is 7.86. The average Bonchev–Trinajstić information content (AvgIpc) is 2.66. The molecule has 1 aliphatic rings. The van der Waals surface area contributed by atoms with Crippen molar-refractivity contribution < 1.29 is 18.0 Å². The first kappa shape index (κ1) is 20.1. The van der Waals surface area contributed by atoms with Crippen molar-refractivity contribution in [1.82, 2.24) is 15.1 Å².